The van der Waals surface area contributed by atoms with Crippen LogP contribution in [0.2, 0.25) is 0 Å². The van der Waals surface area contributed by atoms with E-state index in [-0.39, 0.29) is 22.9 Å². The van der Waals surface area contributed by atoms with E-state index in [4.69, 9.17) is 0 Å². The van der Waals surface area contributed by atoms with Gasteiger partial charge in [0.15, 0.2) is 0 Å². The number of carbonyl (C=O) groups is 1. The van der Waals surface area contributed by atoms with E-state index >= 15 is 0 Å². The van der Waals surface area contributed by atoms with Crippen LogP contribution in [0, 0.1) is 5.82 Å². The van der Waals surface area contributed by atoms with Gasteiger partial charge in [-0.2, -0.15) is 13.9 Å². The Morgan fingerprint density at radius 2 is 2.13 bits per heavy atom. The highest BCUT2D eigenvalue weighted by Gasteiger charge is 2.30. The lowest BCUT2D eigenvalue weighted by molar-refractivity contribution is -0.0499. The fourth-order valence-electron chi connectivity index (χ4n) is 4.09. The van der Waals surface area contributed by atoms with Crippen LogP contribution in [0.1, 0.15) is 47.4 Å². The van der Waals surface area contributed by atoms with E-state index in [1.165, 1.54) is 16.6 Å². The van der Waals surface area contributed by atoms with Crippen LogP contribution in [0.5, 0.6) is 5.75 Å². The van der Waals surface area contributed by atoms with Gasteiger partial charge >= 0.3 is 12.6 Å². The molecule has 3 aromatic rings. The number of carboxylic acids is 1. The molecule has 1 saturated heterocycles. The number of hydrogen-bond donors (Lipinski definition) is 1. The minimum atomic E-state index is -2.99. The van der Waals surface area contributed by atoms with Gasteiger partial charge in [-0.25, -0.2) is 13.7 Å². The van der Waals surface area contributed by atoms with Gasteiger partial charge in [-0.3, -0.25) is 0 Å². The van der Waals surface area contributed by atoms with Crippen LogP contribution in [-0.4, -0.2) is 33.8 Å². The molecule has 1 aliphatic rings. The normalized spacial score (nSPS) is 16.6. The molecule has 0 unspecified atom stereocenters. The van der Waals surface area contributed by atoms with E-state index in [1.54, 1.807) is 18.3 Å². The third-order valence-electron chi connectivity index (χ3n) is 5.38. The topological polar surface area (TPSA) is 67.1 Å². The molecular weight excluding hydrogens is 399 g/mol. The number of halogens is 3. The molecule has 6 nitrogen and oxygen atoms in total. The van der Waals surface area contributed by atoms with Crippen molar-refractivity contribution in [1.82, 2.24) is 9.61 Å². The highest BCUT2D eigenvalue weighted by Crippen LogP contribution is 2.39. The van der Waals surface area contributed by atoms with Gasteiger partial charge in [0.05, 0.1) is 17.3 Å². The molecule has 2 aromatic heterocycles. The molecule has 0 bridgehead atoms. The lowest BCUT2D eigenvalue weighted by Gasteiger charge is -2.28. The summed E-state index contributed by atoms with van der Waals surface area (Å²) >= 11 is 0. The molecule has 1 atom stereocenters. The van der Waals surface area contributed by atoms with Crippen molar-refractivity contribution in [2.24, 2.45) is 0 Å². The van der Waals surface area contributed by atoms with Gasteiger partial charge in [0.2, 0.25) is 0 Å². The van der Waals surface area contributed by atoms with E-state index < -0.39 is 18.4 Å². The Morgan fingerprint density at radius 1 is 1.33 bits per heavy atom. The SMILES string of the molecule is CCc1nn2ccc(N3CCC[C@@H]3c3cc(OC(F)F)ccc3F)cc2c1C(=O)O. The molecule has 9 heteroatoms. The lowest BCUT2D eigenvalue weighted by Crippen LogP contribution is -2.23. The van der Waals surface area contributed by atoms with Gasteiger partial charge < -0.3 is 14.7 Å². The molecule has 0 saturated carbocycles. The van der Waals surface area contributed by atoms with E-state index in [1.807, 2.05) is 11.8 Å². The van der Waals surface area contributed by atoms with Gasteiger partial charge in [0.1, 0.15) is 17.1 Å². The van der Waals surface area contributed by atoms with Gasteiger partial charge in [0.25, 0.3) is 0 Å². The number of pyridine rings is 1. The monoisotopic (exact) mass is 419 g/mol. The van der Waals surface area contributed by atoms with Crippen molar-refractivity contribution < 1.29 is 27.8 Å². The van der Waals surface area contributed by atoms with Crippen LogP contribution in [-0.2, 0) is 6.42 Å². The summed E-state index contributed by atoms with van der Waals surface area (Å²) in [6, 6.07) is 6.75. The summed E-state index contributed by atoms with van der Waals surface area (Å²) in [6.45, 7) is -0.533. The molecule has 30 heavy (non-hydrogen) atoms. The zero-order chi connectivity index (χ0) is 21.4. The second-order valence-electron chi connectivity index (χ2n) is 7.11. The van der Waals surface area contributed by atoms with Crippen molar-refractivity contribution in [3.63, 3.8) is 0 Å². The molecule has 1 aromatic carbocycles. The average Bonchev–Trinajstić information content (AvgIpc) is 3.32. The molecule has 1 fully saturated rings. The smallest absolute Gasteiger partial charge is 0.387 e. The van der Waals surface area contributed by atoms with Crippen LogP contribution in [0.25, 0.3) is 5.52 Å². The molecular formula is C21H20F3N3O3. The highest BCUT2D eigenvalue weighted by atomic mass is 19.3. The largest absolute Gasteiger partial charge is 0.478 e. The van der Waals surface area contributed by atoms with E-state index in [0.29, 0.717) is 30.6 Å². The summed E-state index contributed by atoms with van der Waals surface area (Å²) in [5.41, 5.74) is 2.08. The number of fused-ring (bicyclic) bond motifs is 1. The number of benzene rings is 1. The summed E-state index contributed by atoms with van der Waals surface area (Å²) in [5.74, 6) is -1.65. The number of hydrogen-bond acceptors (Lipinski definition) is 4. The Balaban J connectivity index is 1.74. The number of nitrogens with zero attached hydrogens (tertiary/aromatic N) is 3. The summed E-state index contributed by atoms with van der Waals surface area (Å²) in [4.78, 5) is 13.7. The van der Waals surface area contributed by atoms with Crippen LogP contribution < -0.4 is 9.64 Å². The van der Waals surface area contributed by atoms with Gasteiger partial charge in [-0.15, -0.1) is 0 Å². The molecule has 0 spiro atoms. The first kappa shape index (κ1) is 20.1. The zero-order valence-electron chi connectivity index (χ0n) is 16.2. The molecule has 0 amide bonds. The van der Waals surface area contributed by atoms with Crippen LogP contribution >= 0.6 is 0 Å². The lowest BCUT2D eigenvalue weighted by atomic mass is 10.0. The molecule has 0 radical (unpaired) electrons. The number of anilines is 1. The predicted molar refractivity (Wildman–Crippen MR) is 104 cm³/mol. The quantitative estimate of drug-likeness (QED) is 0.629. The maximum absolute atomic E-state index is 14.6. The second-order valence-corrected chi connectivity index (χ2v) is 7.11. The maximum Gasteiger partial charge on any atom is 0.387 e. The standard InChI is InChI=1S/C21H20F3N3O3/c1-2-16-19(20(28)29)18-10-12(7-9-27(18)25-16)26-8-3-4-17(26)14-11-13(30-21(23)24)5-6-15(14)22/h5-7,9-11,17,21H,2-4,8H2,1H3,(H,28,29)/t17-/m1/s1. The number of aromatic nitrogens is 2. The van der Waals surface area contributed by atoms with Crippen molar-refractivity contribution in [2.75, 3.05) is 11.4 Å². The number of alkyl halides is 2. The van der Waals surface area contributed by atoms with Crippen molar-refractivity contribution in [3.05, 3.63) is 59.2 Å². The minimum absolute atomic E-state index is 0.0970. The van der Waals surface area contributed by atoms with Crippen LogP contribution in [0.3, 0.4) is 0 Å². The zero-order valence-corrected chi connectivity index (χ0v) is 16.2. The van der Waals surface area contributed by atoms with Crippen molar-refractivity contribution in [3.8, 4) is 5.75 Å². The fourth-order valence-corrected chi connectivity index (χ4v) is 4.09. The first-order valence-corrected chi connectivity index (χ1v) is 9.64. The second kappa shape index (κ2) is 7.89. The van der Waals surface area contributed by atoms with Crippen molar-refractivity contribution >= 4 is 17.2 Å². The number of rotatable bonds is 6. The van der Waals surface area contributed by atoms with Gasteiger partial charge in [-0.05, 0) is 49.6 Å². The predicted octanol–water partition coefficient (Wildman–Crippen LogP) is 4.68. The Kier molecular flexibility index (Phi) is 5.27. The van der Waals surface area contributed by atoms with Crippen LogP contribution in [0.4, 0.5) is 18.9 Å². The Bertz CT molecular complexity index is 1100. The molecule has 158 valence electrons. The van der Waals surface area contributed by atoms with E-state index in [9.17, 15) is 23.1 Å². The Morgan fingerprint density at radius 3 is 2.83 bits per heavy atom. The number of ether oxygens (including phenoxy) is 1. The molecule has 0 aliphatic carbocycles. The molecule has 4 rings (SSSR count). The molecule has 1 N–H and O–H groups in total. The van der Waals surface area contributed by atoms with E-state index in [2.05, 4.69) is 9.84 Å². The first-order valence-electron chi connectivity index (χ1n) is 9.64. The first-order chi connectivity index (χ1) is 14.4. The van der Waals surface area contributed by atoms with Crippen molar-refractivity contribution in [1.29, 1.82) is 0 Å². The molecule has 3 heterocycles. The van der Waals surface area contributed by atoms with Crippen LogP contribution in [0.15, 0.2) is 36.5 Å². The third-order valence-corrected chi connectivity index (χ3v) is 5.38. The van der Waals surface area contributed by atoms with Crippen molar-refractivity contribution in [2.45, 2.75) is 38.8 Å². The van der Waals surface area contributed by atoms with Gasteiger partial charge in [0, 0.05) is 24.0 Å². The highest BCUT2D eigenvalue weighted by molar-refractivity contribution is 5.97. The summed E-state index contributed by atoms with van der Waals surface area (Å²) < 4.78 is 45.7. The minimum Gasteiger partial charge on any atom is -0.478 e. The summed E-state index contributed by atoms with van der Waals surface area (Å²) in [6.07, 6.45) is 3.57. The summed E-state index contributed by atoms with van der Waals surface area (Å²) in [5, 5.41) is 13.9. The Labute approximate surface area is 170 Å². The molecule has 1 aliphatic heterocycles. The average molecular weight is 419 g/mol. The summed E-state index contributed by atoms with van der Waals surface area (Å²) in [7, 11) is 0. The van der Waals surface area contributed by atoms with E-state index in [0.717, 1.165) is 18.2 Å². The number of carboxylic acid groups (broad SMARTS) is 1. The maximum atomic E-state index is 14.6. The third kappa shape index (κ3) is 3.55. The van der Waals surface area contributed by atoms with Gasteiger partial charge in [-0.1, -0.05) is 6.92 Å². The number of aryl methyl sites for hydroxylation is 1. The fraction of sp³-hybridized carbons (Fsp3) is 0.333. The number of aromatic carboxylic acids is 1. The Hall–Kier alpha value is -3.23.